The number of hydrogen-bond acceptors (Lipinski definition) is 3. The van der Waals surface area contributed by atoms with Crippen molar-refractivity contribution >= 4 is 33.3 Å². The summed E-state index contributed by atoms with van der Waals surface area (Å²) in [6, 6.07) is 38.0. The Hall–Kier alpha value is -4.24. The molecule has 0 N–H and O–H groups in total. The molecule has 3 nitrogen and oxygen atoms in total. The van der Waals surface area contributed by atoms with Crippen LogP contribution in [0, 0.1) is 0 Å². The lowest BCUT2D eigenvalue weighted by molar-refractivity contribution is -0.149. The number of fused-ring (bicyclic) bond motifs is 2. The van der Waals surface area contributed by atoms with Gasteiger partial charge in [0.15, 0.2) is 6.10 Å². The van der Waals surface area contributed by atoms with Crippen molar-refractivity contribution in [3.8, 4) is 0 Å². The molecule has 0 atom stereocenters. The summed E-state index contributed by atoms with van der Waals surface area (Å²) in [5.41, 5.74) is 2.90. The SMILES string of the molecule is O=C(CCc1ccccc1)CC(=O)OC(c1cccc2ccccc12)c1cccc2ccccc12. The molecule has 0 bridgehead atoms. The van der Waals surface area contributed by atoms with Gasteiger partial charge in [0.2, 0.25) is 0 Å². The van der Waals surface area contributed by atoms with Gasteiger partial charge in [-0.1, -0.05) is 115 Å². The van der Waals surface area contributed by atoms with Crippen molar-refractivity contribution in [3.63, 3.8) is 0 Å². The summed E-state index contributed by atoms with van der Waals surface area (Å²) in [5.74, 6) is -0.623. The van der Waals surface area contributed by atoms with Crippen LogP contribution in [0.1, 0.15) is 35.6 Å². The number of carbonyl (C=O) groups excluding carboxylic acids is 2. The number of benzene rings is 5. The molecule has 0 saturated heterocycles. The van der Waals surface area contributed by atoms with Gasteiger partial charge in [0, 0.05) is 17.5 Å². The first kappa shape index (κ1) is 22.5. The number of carbonyl (C=O) groups is 2. The van der Waals surface area contributed by atoms with Gasteiger partial charge >= 0.3 is 5.97 Å². The van der Waals surface area contributed by atoms with E-state index in [0.717, 1.165) is 38.2 Å². The first-order valence-electron chi connectivity index (χ1n) is 11.9. The van der Waals surface area contributed by atoms with Crippen LogP contribution in [-0.2, 0) is 20.7 Å². The van der Waals surface area contributed by atoms with E-state index >= 15 is 0 Å². The maximum Gasteiger partial charge on any atom is 0.314 e. The molecule has 0 spiro atoms. The summed E-state index contributed by atoms with van der Waals surface area (Å²) in [4.78, 5) is 25.7. The summed E-state index contributed by atoms with van der Waals surface area (Å²) in [6.07, 6.45) is 0.0652. The molecule has 0 aromatic heterocycles. The number of Topliss-reactive ketones (excluding diaryl/α,β-unsaturated/α-hetero) is 1. The minimum Gasteiger partial charge on any atom is -0.452 e. The number of ketones is 1. The molecule has 5 aromatic carbocycles. The number of esters is 1. The zero-order chi connectivity index (χ0) is 24.0. The van der Waals surface area contributed by atoms with Gasteiger partial charge in [0.1, 0.15) is 12.2 Å². The molecule has 3 heteroatoms. The highest BCUT2D eigenvalue weighted by atomic mass is 16.5. The molecule has 5 rings (SSSR count). The van der Waals surface area contributed by atoms with Crippen LogP contribution < -0.4 is 0 Å². The van der Waals surface area contributed by atoms with E-state index in [2.05, 4.69) is 0 Å². The Labute approximate surface area is 205 Å². The maximum atomic E-state index is 13.1. The van der Waals surface area contributed by atoms with Crippen LogP contribution in [0.3, 0.4) is 0 Å². The molecule has 0 amide bonds. The fraction of sp³-hybridized carbons (Fsp3) is 0.125. The topological polar surface area (TPSA) is 43.4 Å². The minimum atomic E-state index is -0.623. The second-order valence-corrected chi connectivity index (χ2v) is 8.71. The Morgan fingerprint density at radius 2 is 1.11 bits per heavy atom. The van der Waals surface area contributed by atoms with Crippen molar-refractivity contribution in [1.82, 2.24) is 0 Å². The first-order valence-corrected chi connectivity index (χ1v) is 11.9. The molecule has 35 heavy (non-hydrogen) atoms. The molecule has 0 radical (unpaired) electrons. The second kappa shape index (κ2) is 10.4. The van der Waals surface area contributed by atoms with Crippen molar-refractivity contribution in [1.29, 1.82) is 0 Å². The molecule has 0 aliphatic heterocycles. The number of ether oxygens (including phenoxy) is 1. The van der Waals surface area contributed by atoms with Crippen LogP contribution in [0.25, 0.3) is 21.5 Å². The van der Waals surface area contributed by atoms with Gasteiger partial charge in [-0.3, -0.25) is 9.59 Å². The average molecular weight is 459 g/mol. The molecule has 0 unspecified atom stereocenters. The van der Waals surface area contributed by atoms with Crippen LogP contribution in [0.2, 0.25) is 0 Å². The van der Waals surface area contributed by atoms with Crippen molar-refractivity contribution in [3.05, 3.63) is 132 Å². The third kappa shape index (κ3) is 5.15. The largest absolute Gasteiger partial charge is 0.452 e. The standard InChI is InChI=1S/C32H26O3/c33-26(21-20-23-10-2-1-3-11-23)22-31(34)35-32(29-18-8-14-24-12-4-6-16-27(24)29)30-19-9-15-25-13-5-7-17-28(25)30/h1-19,32H,20-22H2. The van der Waals surface area contributed by atoms with E-state index in [4.69, 9.17) is 4.74 Å². The van der Waals surface area contributed by atoms with Crippen LogP contribution in [0.5, 0.6) is 0 Å². The Bertz CT molecular complexity index is 1400. The molecule has 0 aliphatic carbocycles. The van der Waals surface area contributed by atoms with E-state index < -0.39 is 12.1 Å². The van der Waals surface area contributed by atoms with Crippen molar-refractivity contribution in [2.24, 2.45) is 0 Å². The Kier molecular flexibility index (Phi) is 6.67. The van der Waals surface area contributed by atoms with Gasteiger partial charge in [0.25, 0.3) is 0 Å². The Balaban J connectivity index is 1.45. The van der Waals surface area contributed by atoms with Gasteiger partial charge in [0.05, 0.1) is 0 Å². The van der Waals surface area contributed by atoms with E-state index in [9.17, 15) is 9.59 Å². The van der Waals surface area contributed by atoms with Crippen LogP contribution >= 0.6 is 0 Å². The molecule has 172 valence electrons. The summed E-state index contributed by atoms with van der Waals surface area (Å²) >= 11 is 0. The minimum absolute atomic E-state index is 0.117. The predicted molar refractivity (Wildman–Crippen MR) is 140 cm³/mol. The first-order chi connectivity index (χ1) is 17.2. The fourth-order valence-corrected chi connectivity index (χ4v) is 4.60. The predicted octanol–water partition coefficient (Wildman–Crippen LogP) is 7.22. The van der Waals surface area contributed by atoms with Gasteiger partial charge in [-0.2, -0.15) is 0 Å². The molecule has 0 aliphatic rings. The van der Waals surface area contributed by atoms with E-state index in [0.29, 0.717) is 12.8 Å². The van der Waals surface area contributed by atoms with Gasteiger partial charge in [-0.25, -0.2) is 0 Å². The zero-order valence-electron chi connectivity index (χ0n) is 19.4. The summed E-state index contributed by atoms with van der Waals surface area (Å²) < 4.78 is 6.10. The summed E-state index contributed by atoms with van der Waals surface area (Å²) in [5, 5.41) is 4.20. The summed E-state index contributed by atoms with van der Waals surface area (Å²) in [7, 11) is 0. The van der Waals surface area contributed by atoms with Crippen LogP contribution in [0.15, 0.2) is 115 Å². The number of aryl methyl sites for hydroxylation is 1. The maximum absolute atomic E-state index is 13.1. The fourth-order valence-electron chi connectivity index (χ4n) is 4.60. The van der Waals surface area contributed by atoms with Crippen LogP contribution in [-0.4, -0.2) is 11.8 Å². The van der Waals surface area contributed by atoms with Gasteiger partial charge < -0.3 is 4.74 Å². The van der Waals surface area contributed by atoms with E-state index in [1.807, 2.05) is 115 Å². The van der Waals surface area contributed by atoms with Gasteiger partial charge in [-0.15, -0.1) is 0 Å². The van der Waals surface area contributed by atoms with E-state index in [1.165, 1.54) is 0 Å². The lowest BCUT2D eigenvalue weighted by Gasteiger charge is -2.22. The van der Waals surface area contributed by atoms with Crippen molar-refractivity contribution < 1.29 is 14.3 Å². The molecule has 0 fully saturated rings. The Morgan fingerprint density at radius 1 is 0.600 bits per heavy atom. The second-order valence-electron chi connectivity index (χ2n) is 8.71. The zero-order valence-corrected chi connectivity index (χ0v) is 19.4. The number of hydrogen-bond donors (Lipinski definition) is 0. The number of rotatable bonds is 8. The highest BCUT2D eigenvalue weighted by Gasteiger charge is 2.24. The molecule has 0 saturated carbocycles. The van der Waals surface area contributed by atoms with Crippen molar-refractivity contribution in [2.45, 2.75) is 25.4 Å². The normalized spacial score (nSPS) is 11.1. The molecule has 5 aromatic rings. The Morgan fingerprint density at radius 3 is 1.71 bits per heavy atom. The molecular weight excluding hydrogens is 432 g/mol. The summed E-state index contributed by atoms with van der Waals surface area (Å²) in [6.45, 7) is 0. The highest BCUT2D eigenvalue weighted by molar-refractivity contribution is 5.96. The van der Waals surface area contributed by atoms with E-state index in [1.54, 1.807) is 0 Å². The van der Waals surface area contributed by atoms with Crippen LogP contribution in [0.4, 0.5) is 0 Å². The monoisotopic (exact) mass is 458 g/mol. The highest BCUT2D eigenvalue weighted by Crippen LogP contribution is 2.35. The van der Waals surface area contributed by atoms with E-state index in [-0.39, 0.29) is 12.2 Å². The average Bonchev–Trinajstić information content (AvgIpc) is 2.91. The third-order valence-electron chi connectivity index (χ3n) is 6.34. The van der Waals surface area contributed by atoms with Crippen molar-refractivity contribution in [2.75, 3.05) is 0 Å². The lowest BCUT2D eigenvalue weighted by Crippen LogP contribution is -2.17. The van der Waals surface area contributed by atoms with Gasteiger partial charge in [-0.05, 0) is 33.5 Å². The third-order valence-corrected chi connectivity index (χ3v) is 6.34. The quantitative estimate of drug-likeness (QED) is 0.182. The smallest absolute Gasteiger partial charge is 0.314 e. The molecule has 0 heterocycles. The lowest BCUT2D eigenvalue weighted by atomic mass is 9.92. The molecular formula is C32H26O3.